The molecule has 2 bridgehead atoms. The monoisotopic (exact) mass is 498 g/mol. The lowest BCUT2D eigenvalue weighted by Crippen LogP contribution is -2.48. The van der Waals surface area contributed by atoms with Crippen molar-refractivity contribution in [3.63, 3.8) is 0 Å². The van der Waals surface area contributed by atoms with E-state index >= 15 is 0 Å². The van der Waals surface area contributed by atoms with Crippen molar-refractivity contribution in [1.29, 1.82) is 0 Å². The summed E-state index contributed by atoms with van der Waals surface area (Å²) in [7, 11) is -3.51. The number of pyridine rings is 1. The summed E-state index contributed by atoms with van der Waals surface area (Å²) in [6.45, 7) is 5.22. The molecule has 1 saturated heterocycles. The van der Waals surface area contributed by atoms with Crippen molar-refractivity contribution >= 4 is 27.0 Å². The van der Waals surface area contributed by atoms with Crippen molar-refractivity contribution < 1.29 is 13.2 Å². The van der Waals surface area contributed by atoms with Crippen LogP contribution >= 0.6 is 0 Å². The number of ketones is 1. The SMILES string of the molecule is CC1(C)[C@@H]2CC[C@@]1(CS(=O)(=O)N1CCC(n3c(CC4CCCC4)nc4cccnc43)CC1)C(=O)C2. The van der Waals surface area contributed by atoms with Gasteiger partial charge < -0.3 is 4.57 Å². The highest BCUT2D eigenvalue weighted by atomic mass is 32.2. The zero-order valence-electron chi connectivity index (χ0n) is 21.1. The summed E-state index contributed by atoms with van der Waals surface area (Å²) in [5.41, 5.74) is 0.932. The summed E-state index contributed by atoms with van der Waals surface area (Å²) in [5.74, 6) is 2.28. The molecule has 0 radical (unpaired) electrons. The van der Waals surface area contributed by atoms with Crippen LogP contribution in [0.3, 0.4) is 0 Å². The van der Waals surface area contributed by atoms with Gasteiger partial charge in [0.1, 0.15) is 17.1 Å². The van der Waals surface area contributed by atoms with Gasteiger partial charge in [-0.3, -0.25) is 4.79 Å². The van der Waals surface area contributed by atoms with Gasteiger partial charge in [0.2, 0.25) is 10.0 Å². The van der Waals surface area contributed by atoms with E-state index in [1.54, 1.807) is 4.31 Å². The van der Waals surface area contributed by atoms with Crippen molar-refractivity contribution in [3.05, 3.63) is 24.2 Å². The van der Waals surface area contributed by atoms with Crippen LogP contribution in [0.15, 0.2) is 18.3 Å². The van der Waals surface area contributed by atoms with E-state index in [0.29, 0.717) is 31.3 Å². The van der Waals surface area contributed by atoms with Crippen LogP contribution in [-0.4, -0.2) is 51.9 Å². The average molecular weight is 499 g/mol. The molecule has 0 spiro atoms. The third-order valence-electron chi connectivity index (χ3n) is 10.2. The first-order chi connectivity index (χ1) is 16.7. The van der Waals surface area contributed by atoms with Gasteiger partial charge in [-0.1, -0.05) is 39.5 Å². The Morgan fingerprint density at radius 1 is 1.09 bits per heavy atom. The lowest BCUT2D eigenvalue weighted by atomic mass is 9.70. The number of piperidine rings is 1. The third kappa shape index (κ3) is 3.69. The molecule has 7 nitrogen and oxygen atoms in total. The highest BCUT2D eigenvalue weighted by molar-refractivity contribution is 7.89. The Bertz CT molecular complexity index is 1240. The molecule has 2 atom stereocenters. The first-order valence-corrected chi connectivity index (χ1v) is 15.2. The van der Waals surface area contributed by atoms with Crippen molar-refractivity contribution in [2.75, 3.05) is 18.8 Å². The fraction of sp³-hybridized carbons (Fsp3) is 0.741. The van der Waals surface area contributed by atoms with Crippen LogP contribution < -0.4 is 0 Å². The Hall–Kier alpha value is -1.80. The number of nitrogens with zero attached hydrogens (tertiary/aromatic N) is 4. The first-order valence-electron chi connectivity index (χ1n) is 13.5. The maximum Gasteiger partial charge on any atom is 0.215 e. The van der Waals surface area contributed by atoms with Crippen LogP contribution in [-0.2, 0) is 21.2 Å². The Morgan fingerprint density at radius 2 is 1.83 bits per heavy atom. The normalized spacial score (nSPS) is 30.1. The maximum absolute atomic E-state index is 13.6. The molecule has 0 amide bonds. The van der Waals surface area contributed by atoms with E-state index in [4.69, 9.17) is 4.98 Å². The second-order valence-corrected chi connectivity index (χ2v) is 14.1. The summed E-state index contributed by atoms with van der Waals surface area (Å²) in [4.78, 5) is 22.6. The van der Waals surface area contributed by atoms with E-state index in [1.807, 2.05) is 18.3 Å². The van der Waals surface area contributed by atoms with Gasteiger partial charge in [-0.15, -0.1) is 0 Å². The number of sulfonamides is 1. The Morgan fingerprint density at radius 3 is 2.49 bits per heavy atom. The molecule has 0 aromatic carbocycles. The minimum atomic E-state index is -3.51. The topological polar surface area (TPSA) is 85.2 Å². The van der Waals surface area contributed by atoms with Crippen LogP contribution in [0.5, 0.6) is 0 Å². The van der Waals surface area contributed by atoms with Gasteiger partial charge in [0, 0.05) is 43.6 Å². The lowest BCUT2D eigenvalue weighted by Gasteiger charge is -2.39. The zero-order chi connectivity index (χ0) is 24.4. The minimum Gasteiger partial charge on any atom is -0.309 e. The van der Waals surface area contributed by atoms with Crippen molar-refractivity contribution in [3.8, 4) is 0 Å². The van der Waals surface area contributed by atoms with Gasteiger partial charge in [0.25, 0.3) is 0 Å². The highest BCUT2D eigenvalue weighted by Crippen LogP contribution is 2.64. The number of aromatic nitrogens is 3. The summed E-state index contributed by atoms with van der Waals surface area (Å²) < 4.78 is 31.2. The molecule has 1 aliphatic heterocycles. The molecule has 4 aliphatic rings. The number of carbonyl (C=O) groups excluding carboxylic acids is 1. The van der Waals surface area contributed by atoms with Gasteiger partial charge in [-0.2, -0.15) is 0 Å². The predicted octanol–water partition coefficient (Wildman–Crippen LogP) is 4.53. The molecule has 3 saturated carbocycles. The van der Waals surface area contributed by atoms with E-state index in [2.05, 4.69) is 23.4 Å². The van der Waals surface area contributed by atoms with Gasteiger partial charge in [0.05, 0.1) is 5.75 Å². The molecule has 2 aromatic rings. The van der Waals surface area contributed by atoms with E-state index in [-0.39, 0.29) is 23.0 Å². The largest absolute Gasteiger partial charge is 0.309 e. The quantitative estimate of drug-likeness (QED) is 0.584. The fourth-order valence-corrected chi connectivity index (χ4v) is 10.1. The van der Waals surface area contributed by atoms with Crippen molar-refractivity contribution in [1.82, 2.24) is 18.8 Å². The Kier molecular flexibility index (Phi) is 5.64. The maximum atomic E-state index is 13.6. The van der Waals surface area contributed by atoms with Gasteiger partial charge in [-0.25, -0.2) is 22.7 Å². The lowest BCUT2D eigenvalue weighted by molar-refractivity contribution is -0.128. The van der Waals surface area contributed by atoms with E-state index in [1.165, 1.54) is 25.7 Å². The summed E-state index contributed by atoms with van der Waals surface area (Å²) in [6, 6.07) is 4.18. The van der Waals surface area contributed by atoms with E-state index in [9.17, 15) is 13.2 Å². The molecule has 6 rings (SSSR count). The molecule has 2 aromatic heterocycles. The molecular weight excluding hydrogens is 460 g/mol. The second kappa shape index (κ2) is 8.37. The van der Waals surface area contributed by atoms with Crippen LogP contribution in [0.4, 0.5) is 0 Å². The number of imidazole rings is 1. The number of hydrogen-bond acceptors (Lipinski definition) is 5. The van der Waals surface area contributed by atoms with Crippen LogP contribution in [0.1, 0.15) is 83.5 Å². The molecule has 190 valence electrons. The van der Waals surface area contributed by atoms with Crippen LogP contribution in [0, 0.1) is 22.7 Å². The summed E-state index contributed by atoms with van der Waals surface area (Å²) in [5, 5.41) is 0. The minimum absolute atomic E-state index is 0.0184. The Labute approximate surface area is 208 Å². The first kappa shape index (κ1) is 23.6. The van der Waals surface area contributed by atoms with Gasteiger partial charge >= 0.3 is 0 Å². The van der Waals surface area contributed by atoms with Crippen LogP contribution in [0.2, 0.25) is 0 Å². The van der Waals surface area contributed by atoms with Gasteiger partial charge in [0.15, 0.2) is 5.65 Å². The Balaban J connectivity index is 1.21. The number of rotatable bonds is 6. The van der Waals surface area contributed by atoms with E-state index < -0.39 is 15.4 Å². The summed E-state index contributed by atoms with van der Waals surface area (Å²) in [6.07, 6.45) is 11.7. The van der Waals surface area contributed by atoms with E-state index in [0.717, 1.165) is 49.1 Å². The zero-order valence-corrected chi connectivity index (χ0v) is 21.9. The van der Waals surface area contributed by atoms with Gasteiger partial charge in [-0.05, 0) is 55.1 Å². The molecule has 0 unspecified atom stereocenters. The number of hydrogen-bond donors (Lipinski definition) is 0. The van der Waals surface area contributed by atoms with Crippen molar-refractivity contribution in [2.24, 2.45) is 22.7 Å². The standard InChI is InChI=1S/C27H38N4O3S/c1-26(2)20-9-12-27(26,23(32)17-20)18-35(33,34)30-14-10-21(11-15-30)31-24(16-19-6-3-4-7-19)29-22-8-5-13-28-25(22)31/h5,8,13,19-21H,3-4,6-7,9-12,14-18H2,1-2H3/t20-,27-/m1/s1. The molecule has 4 fully saturated rings. The molecule has 8 heteroatoms. The molecular formula is C27H38N4O3S. The molecule has 0 N–H and O–H groups in total. The number of Topliss-reactive ketones (excluding diaryl/α,β-unsaturated/α-hetero) is 1. The van der Waals surface area contributed by atoms with Crippen LogP contribution in [0.25, 0.3) is 11.2 Å². The summed E-state index contributed by atoms with van der Waals surface area (Å²) >= 11 is 0. The number of carbonyl (C=O) groups is 1. The molecule has 35 heavy (non-hydrogen) atoms. The third-order valence-corrected chi connectivity index (χ3v) is 12.2. The highest BCUT2D eigenvalue weighted by Gasteiger charge is 2.65. The number of fused-ring (bicyclic) bond motifs is 3. The smallest absolute Gasteiger partial charge is 0.215 e. The molecule has 3 aliphatic carbocycles. The predicted molar refractivity (Wildman–Crippen MR) is 135 cm³/mol. The molecule has 3 heterocycles. The van der Waals surface area contributed by atoms with Crippen molar-refractivity contribution in [2.45, 2.75) is 84.1 Å². The second-order valence-electron chi connectivity index (χ2n) is 12.2. The fourth-order valence-electron chi connectivity index (χ4n) is 7.87. The average Bonchev–Trinajstić information content (AvgIpc) is 3.56.